The molecule has 1 aliphatic rings. The zero-order chi connectivity index (χ0) is 19.4. The third-order valence-electron chi connectivity index (χ3n) is 4.80. The maximum Gasteiger partial charge on any atom is 0.265 e. The summed E-state index contributed by atoms with van der Waals surface area (Å²) >= 11 is 0. The Kier molecular flexibility index (Phi) is 5.92. The van der Waals surface area contributed by atoms with Gasteiger partial charge in [-0.15, -0.1) is 0 Å². The lowest BCUT2D eigenvalue weighted by atomic mass is 10.1. The van der Waals surface area contributed by atoms with Crippen LogP contribution >= 0.6 is 0 Å². The van der Waals surface area contributed by atoms with Gasteiger partial charge in [0.1, 0.15) is 10.6 Å². The van der Waals surface area contributed by atoms with Gasteiger partial charge in [0.2, 0.25) is 0 Å². The van der Waals surface area contributed by atoms with E-state index in [0.717, 1.165) is 37.2 Å². The van der Waals surface area contributed by atoms with Crippen LogP contribution in [0.15, 0.2) is 47.4 Å². The van der Waals surface area contributed by atoms with Gasteiger partial charge in [-0.3, -0.25) is 4.72 Å². The van der Waals surface area contributed by atoms with Crippen LogP contribution < -0.4 is 14.4 Å². The summed E-state index contributed by atoms with van der Waals surface area (Å²) in [6, 6.07) is 12.5. The van der Waals surface area contributed by atoms with E-state index in [1.54, 1.807) is 31.4 Å². The standard InChI is InChI=1S/C20H26N2O4S/c1-15-6-11-19(26-3)20(13-15)27(23,24)21-16-7-9-17(10-8-16)22-12-4-5-18(14-22)25-2/h6-11,13,18,21H,4-5,12,14H2,1-3H3/t18-/m1/s1. The molecule has 1 fully saturated rings. The second-order valence-corrected chi connectivity index (χ2v) is 8.40. The average Bonchev–Trinajstić information content (AvgIpc) is 2.68. The van der Waals surface area contributed by atoms with Crippen molar-refractivity contribution in [3.05, 3.63) is 48.0 Å². The number of aryl methyl sites for hydroxylation is 1. The Morgan fingerprint density at radius 2 is 1.85 bits per heavy atom. The molecule has 0 spiro atoms. The predicted molar refractivity (Wildman–Crippen MR) is 107 cm³/mol. The molecule has 146 valence electrons. The summed E-state index contributed by atoms with van der Waals surface area (Å²) in [7, 11) is -0.533. The van der Waals surface area contributed by atoms with Crippen LogP contribution in [0, 0.1) is 6.92 Å². The lowest BCUT2D eigenvalue weighted by molar-refractivity contribution is 0.0893. The first kappa shape index (κ1) is 19.5. The number of hydrogen-bond acceptors (Lipinski definition) is 5. The van der Waals surface area contributed by atoms with Gasteiger partial charge in [0.15, 0.2) is 0 Å². The van der Waals surface area contributed by atoms with Crippen molar-refractivity contribution in [3.8, 4) is 5.75 Å². The predicted octanol–water partition coefficient (Wildman–Crippen LogP) is 3.42. The maximum absolute atomic E-state index is 12.8. The SMILES string of the molecule is COc1ccc(C)cc1S(=O)(=O)Nc1ccc(N2CCC[C@@H](OC)C2)cc1. The average molecular weight is 391 g/mol. The summed E-state index contributed by atoms with van der Waals surface area (Å²) < 4.78 is 38.9. The normalized spacial score (nSPS) is 17.6. The van der Waals surface area contributed by atoms with Gasteiger partial charge >= 0.3 is 0 Å². The Morgan fingerprint density at radius 3 is 2.52 bits per heavy atom. The van der Waals surface area contributed by atoms with Gasteiger partial charge in [0.25, 0.3) is 10.0 Å². The maximum atomic E-state index is 12.8. The minimum Gasteiger partial charge on any atom is -0.495 e. The number of rotatable bonds is 6. The fourth-order valence-electron chi connectivity index (χ4n) is 3.31. The van der Waals surface area contributed by atoms with Gasteiger partial charge in [0.05, 0.1) is 13.2 Å². The number of nitrogens with zero attached hydrogens (tertiary/aromatic N) is 1. The highest BCUT2D eigenvalue weighted by Crippen LogP contribution is 2.28. The Morgan fingerprint density at radius 1 is 1.11 bits per heavy atom. The molecule has 0 radical (unpaired) electrons. The van der Waals surface area contributed by atoms with Crippen LogP contribution in [0.1, 0.15) is 18.4 Å². The third-order valence-corrected chi connectivity index (χ3v) is 6.21. The number of piperidine rings is 1. The molecule has 7 heteroatoms. The first-order chi connectivity index (χ1) is 12.9. The van der Waals surface area contributed by atoms with E-state index in [2.05, 4.69) is 9.62 Å². The third kappa shape index (κ3) is 4.54. The van der Waals surface area contributed by atoms with Gasteiger partial charge in [-0.25, -0.2) is 8.42 Å². The van der Waals surface area contributed by atoms with E-state index in [4.69, 9.17) is 9.47 Å². The zero-order valence-electron chi connectivity index (χ0n) is 15.9. The minimum atomic E-state index is -3.74. The van der Waals surface area contributed by atoms with Gasteiger partial charge in [-0.2, -0.15) is 0 Å². The molecule has 3 rings (SSSR count). The van der Waals surface area contributed by atoms with E-state index < -0.39 is 10.0 Å². The summed E-state index contributed by atoms with van der Waals surface area (Å²) in [4.78, 5) is 2.40. The van der Waals surface area contributed by atoms with Crippen molar-refractivity contribution < 1.29 is 17.9 Å². The molecule has 27 heavy (non-hydrogen) atoms. The number of hydrogen-bond donors (Lipinski definition) is 1. The molecule has 1 atom stereocenters. The topological polar surface area (TPSA) is 67.9 Å². The summed E-state index contributed by atoms with van der Waals surface area (Å²) in [6.45, 7) is 3.67. The molecule has 1 N–H and O–H groups in total. The lowest BCUT2D eigenvalue weighted by Gasteiger charge is -2.33. The summed E-state index contributed by atoms with van der Waals surface area (Å²) in [5.41, 5.74) is 2.43. The molecule has 0 amide bonds. The molecule has 1 saturated heterocycles. The largest absolute Gasteiger partial charge is 0.495 e. The molecule has 6 nitrogen and oxygen atoms in total. The molecule has 0 bridgehead atoms. The highest BCUT2D eigenvalue weighted by atomic mass is 32.2. The Labute approximate surface area is 161 Å². The lowest BCUT2D eigenvalue weighted by Crippen LogP contribution is -2.39. The summed E-state index contributed by atoms with van der Waals surface area (Å²) in [5, 5.41) is 0. The van der Waals surface area contributed by atoms with E-state index in [1.807, 2.05) is 25.1 Å². The van der Waals surface area contributed by atoms with Crippen LogP contribution in [0.4, 0.5) is 11.4 Å². The van der Waals surface area contributed by atoms with E-state index in [1.165, 1.54) is 7.11 Å². The highest BCUT2D eigenvalue weighted by Gasteiger charge is 2.21. The molecule has 1 heterocycles. The van der Waals surface area contributed by atoms with Crippen molar-refractivity contribution in [2.45, 2.75) is 30.8 Å². The zero-order valence-corrected chi connectivity index (χ0v) is 16.8. The first-order valence-electron chi connectivity index (χ1n) is 8.98. The monoisotopic (exact) mass is 390 g/mol. The minimum absolute atomic E-state index is 0.132. The smallest absolute Gasteiger partial charge is 0.265 e. The van der Waals surface area contributed by atoms with Crippen LogP contribution in [0.2, 0.25) is 0 Å². The number of methoxy groups -OCH3 is 2. The van der Waals surface area contributed by atoms with Crippen molar-refractivity contribution >= 4 is 21.4 Å². The van der Waals surface area contributed by atoms with Crippen LogP contribution in [0.3, 0.4) is 0 Å². The fraction of sp³-hybridized carbons (Fsp3) is 0.400. The van der Waals surface area contributed by atoms with Crippen LogP contribution in [-0.4, -0.2) is 41.8 Å². The van der Waals surface area contributed by atoms with Crippen molar-refractivity contribution in [2.24, 2.45) is 0 Å². The Bertz CT molecular complexity index is 881. The van der Waals surface area contributed by atoms with E-state index in [-0.39, 0.29) is 11.0 Å². The molecule has 0 unspecified atom stereocenters. The second-order valence-electron chi connectivity index (χ2n) is 6.75. The molecule has 0 saturated carbocycles. The van der Waals surface area contributed by atoms with E-state index in [9.17, 15) is 8.42 Å². The highest BCUT2D eigenvalue weighted by molar-refractivity contribution is 7.92. The van der Waals surface area contributed by atoms with Crippen LogP contribution in [0.5, 0.6) is 5.75 Å². The molecular weight excluding hydrogens is 364 g/mol. The molecule has 2 aromatic rings. The molecule has 0 aliphatic carbocycles. The molecule has 0 aromatic heterocycles. The van der Waals surface area contributed by atoms with Crippen LogP contribution in [-0.2, 0) is 14.8 Å². The number of anilines is 2. The van der Waals surface area contributed by atoms with Crippen LogP contribution in [0.25, 0.3) is 0 Å². The van der Waals surface area contributed by atoms with E-state index >= 15 is 0 Å². The second kappa shape index (κ2) is 8.19. The number of benzene rings is 2. The van der Waals surface area contributed by atoms with Gasteiger partial charge in [-0.05, 0) is 61.7 Å². The Hall–Kier alpha value is -2.25. The Balaban J connectivity index is 1.77. The van der Waals surface area contributed by atoms with Crippen molar-refractivity contribution in [3.63, 3.8) is 0 Å². The summed E-state index contributed by atoms with van der Waals surface area (Å²) in [6.07, 6.45) is 2.40. The molecule has 2 aromatic carbocycles. The van der Waals surface area contributed by atoms with Gasteiger partial charge < -0.3 is 14.4 Å². The van der Waals surface area contributed by atoms with Crippen molar-refractivity contribution in [2.75, 3.05) is 36.9 Å². The molecule has 1 aliphatic heterocycles. The fourth-order valence-corrected chi connectivity index (χ4v) is 4.62. The van der Waals surface area contributed by atoms with Gasteiger partial charge in [-0.1, -0.05) is 6.07 Å². The summed E-state index contributed by atoms with van der Waals surface area (Å²) in [5.74, 6) is 0.323. The number of ether oxygens (including phenoxy) is 2. The number of sulfonamides is 1. The van der Waals surface area contributed by atoms with Crippen molar-refractivity contribution in [1.82, 2.24) is 0 Å². The van der Waals surface area contributed by atoms with Crippen molar-refractivity contribution in [1.29, 1.82) is 0 Å². The molecular formula is C20H26N2O4S. The first-order valence-corrected chi connectivity index (χ1v) is 10.5. The number of nitrogens with one attached hydrogen (secondary N) is 1. The van der Waals surface area contributed by atoms with Gasteiger partial charge in [0, 0.05) is 31.6 Å². The quantitative estimate of drug-likeness (QED) is 0.819. The van der Waals surface area contributed by atoms with E-state index in [0.29, 0.717) is 11.4 Å².